The molecule has 3 rings (SSSR count). The maximum Gasteiger partial charge on any atom is 0.244 e. The van der Waals surface area contributed by atoms with Gasteiger partial charge < -0.3 is 14.8 Å². The van der Waals surface area contributed by atoms with E-state index in [4.69, 9.17) is 21.1 Å². The van der Waals surface area contributed by atoms with Crippen molar-refractivity contribution in [1.29, 1.82) is 0 Å². The first-order valence-electron chi connectivity index (χ1n) is 7.29. The minimum absolute atomic E-state index is 0.0789. The van der Waals surface area contributed by atoms with Crippen molar-refractivity contribution >= 4 is 21.6 Å². The van der Waals surface area contributed by atoms with Crippen molar-refractivity contribution in [2.75, 3.05) is 33.4 Å². The van der Waals surface area contributed by atoms with Crippen LogP contribution in [0, 0.1) is 0 Å². The molecule has 1 unspecified atom stereocenters. The van der Waals surface area contributed by atoms with E-state index in [1.165, 1.54) is 16.4 Å². The second-order valence-electron chi connectivity index (χ2n) is 5.42. The smallest absolute Gasteiger partial charge is 0.244 e. The minimum Gasteiger partial charge on any atom is -0.486 e. The number of sulfonamides is 1. The second-order valence-corrected chi connectivity index (χ2v) is 7.73. The van der Waals surface area contributed by atoms with Gasteiger partial charge in [-0.1, -0.05) is 11.6 Å². The number of nitrogens with one attached hydrogen (secondary N) is 1. The van der Waals surface area contributed by atoms with Crippen LogP contribution in [0.4, 0.5) is 0 Å². The van der Waals surface area contributed by atoms with Gasteiger partial charge in [0.15, 0.2) is 11.5 Å². The van der Waals surface area contributed by atoms with Crippen LogP contribution in [0.5, 0.6) is 11.5 Å². The Labute approximate surface area is 135 Å². The van der Waals surface area contributed by atoms with Crippen molar-refractivity contribution in [3.8, 4) is 11.5 Å². The Morgan fingerprint density at radius 1 is 1.27 bits per heavy atom. The Bertz CT molecular complexity index is 665. The Morgan fingerprint density at radius 2 is 1.95 bits per heavy atom. The zero-order valence-corrected chi connectivity index (χ0v) is 13.9. The normalized spacial score (nSPS) is 22.5. The van der Waals surface area contributed by atoms with Gasteiger partial charge in [-0.05, 0) is 19.9 Å². The van der Waals surface area contributed by atoms with Gasteiger partial charge in [0.2, 0.25) is 10.0 Å². The molecule has 0 bridgehead atoms. The number of fused-ring (bicyclic) bond motifs is 1. The zero-order chi connectivity index (χ0) is 15.7. The van der Waals surface area contributed by atoms with E-state index in [1.807, 2.05) is 7.05 Å². The molecular weight excluding hydrogens is 328 g/mol. The summed E-state index contributed by atoms with van der Waals surface area (Å²) in [6, 6.07) is 3.15. The number of piperidine rings is 1. The fourth-order valence-electron chi connectivity index (χ4n) is 2.78. The maximum atomic E-state index is 12.9. The molecule has 8 heteroatoms. The van der Waals surface area contributed by atoms with Gasteiger partial charge in [-0.25, -0.2) is 8.42 Å². The van der Waals surface area contributed by atoms with E-state index in [0.717, 1.165) is 12.8 Å². The van der Waals surface area contributed by atoms with E-state index >= 15 is 0 Å². The summed E-state index contributed by atoms with van der Waals surface area (Å²) < 4.78 is 38.1. The van der Waals surface area contributed by atoms with E-state index in [9.17, 15) is 8.42 Å². The number of ether oxygens (including phenoxy) is 2. The van der Waals surface area contributed by atoms with Crippen molar-refractivity contribution in [2.45, 2.75) is 23.8 Å². The van der Waals surface area contributed by atoms with Gasteiger partial charge in [0.25, 0.3) is 0 Å². The molecule has 2 aliphatic heterocycles. The highest BCUT2D eigenvalue weighted by atomic mass is 35.5. The average Bonchev–Trinajstić information content (AvgIpc) is 2.54. The summed E-state index contributed by atoms with van der Waals surface area (Å²) in [5, 5.41) is 3.30. The van der Waals surface area contributed by atoms with Crippen molar-refractivity contribution in [2.24, 2.45) is 0 Å². The third-order valence-corrected chi connectivity index (χ3v) is 6.34. The van der Waals surface area contributed by atoms with Crippen LogP contribution in [-0.4, -0.2) is 52.1 Å². The summed E-state index contributed by atoms with van der Waals surface area (Å²) in [6.45, 7) is 1.79. The first-order chi connectivity index (χ1) is 10.5. The third kappa shape index (κ3) is 2.90. The molecule has 1 fully saturated rings. The summed E-state index contributed by atoms with van der Waals surface area (Å²) in [5.74, 6) is 0.915. The fraction of sp³-hybridized carbons (Fsp3) is 0.571. The molecule has 1 aromatic rings. The Kier molecular flexibility index (Phi) is 4.49. The largest absolute Gasteiger partial charge is 0.486 e. The highest BCUT2D eigenvalue weighted by Crippen LogP contribution is 2.38. The predicted molar refractivity (Wildman–Crippen MR) is 83.3 cm³/mol. The lowest BCUT2D eigenvalue weighted by molar-refractivity contribution is 0.171. The van der Waals surface area contributed by atoms with Crippen LogP contribution < -0.4 is 14.8 Å². The molecule has 1 atom stereocenters. The maximum absolute atomic E-state index is 12.9. The second kappa shape index (κ2) is 6.23. The molecule has 0 saturated carbocycles. The van der Waals surface area contributed by atoms with Crippen molar-refractivity contribution in [1.82, 2.24) is 9.62 Å². The third-order valence-electron chi connectivity index (χ3n) is 4.01. The molecule has 0 amide bonds. The molecule has 0 aliphatic carbocycles. The predicted octanol–water partition coefficient (Wildman–Crippen LogP) is 1.48. The van der Waals surface area contributed by atoms with Crippen LogP contribution >= 0.6 is 11.6 Å². The van der Waals surface area contributed by atoms with Gasteiger partial charge in [0.1, 0.15) is 18.1 Å². The standard InChI is InChI=1S/C14H19ClN2O4S/c1-16-10-3-2-4-17(9-10)22(18,19)14-8-13-12(7-11(14)15)20-5-6-21-13/h7-8,10,16H,2-6,9H2,1H3. The van der Waals surface area contributed by atoms with E-state index in [1.54, 1.807) is 0 Å². The Morgan fingerprint density at radius 3 is 2.64 bits per heavy atom. The quantitative estimate of drug-likeness (QED) is 0.898. The summed E-state index contributed by atoms with van der Waals surface area (Å²) in [7, 11) is -1.80. The highest BCUT2D eigenvalue weighted by molar-refractivity contribution is 7.89. The highest BCUT2D eigenvalue weighted by Gasteiger charge is 2.32. The fourth-order valence-corrected chi connectivity index (χ4v) is 4.81. The topological polar surface area (TPSA) is 67.9 Å². The number of nitrogens with zero attached hydrogens (tertiary/aromatic N) is 1. The number of hydrogen-bond donors (Lipinski definition) is 1. The number of likely N-dealkylation sites (N-methyl/N-ethyl adjacent to an activating group) is 1. The molecule has 1 N–H and O–H groups in total. The number of benzene rings is 1. The molecule has 2 aliphatic rings. The Balaban J connectivity index is 1.95. The van der Waals surface area contributed by atoms with E-state index < -0.39 is 10.0 Å². The van der Waals surface area contributed by atoms with Crippen molar-refractivity contribution < 1.29 is 17.9 Å². The van der Waals surface area contributed by atoms with Crippen LogP contribution in [0.25, 0.3) is 0 Å². The van der Waals surface area contributed by atoms with E-state index in [-0.39, 0.29) is 16.0 Å². The molecule has 1 saturated heterocycles. The first-order valence-corrected chi connectivity index (χ1v) is 9.10. The van der Waals surface area contributed by atoms with Gasteiger partial charge in [0.05, 0.1) is 5.02 Å². The minimum atomic E-state index is -3.64. The lowest BCUT2D eigenvalue weighted by Crippen LogP contribution is -2.46. The van der Waals surface area contributed by atoms with E-state index in [0.29, 0.717) is 37.8 Å². The SMILES string of the molecule is CNC1CCCN(S(=O)(=O)c2cc3c(cc2Cl)OCCO3)C1. The molecule has 122 valence electrons. The van der Waals surface area contributed by atoms with E-state index in [2.05, 4.69) is 5.32 Å². The Hall–Kier alpha value is -1.02. The van der Waals surface area contributed by atoms with Gasteiger partial charge in [-0.3, -0.25) is 0 Å². The van der Waals surface area contributed by atoms with Gasteiger partial charge in [-0.15, -0.1) is 0 Å². The van der Waals surface area contributed by atoms with Crippen LogP contribution in [0.15, 0.2) is 17.0 Å². The first kappa shape index (κ1) is 15.9. The van der Waals surface area contributed by atoms with Crippen LogP contribution in [0.2, 0.25) is 5.02 Å². The molecule has 0 radical (unpaired) electrons. The van der Waals surface area contributed by atoms with Crippen LogP contribution in [0.3, 0.4) is 0 Å². The molecular formula is C14H19ClN2O4S. The lowest BCUT2D eigenvalue weighted by atomic mass is 10.1. The molecule has 22 heavy (non-hydrogen) atoms. The van der Waals surface area contributed by atoms with Crippen LogP contribution in [-0.2, 0) is 10.0 Å². The van der Waals surface area contributed by atoms with Gasteiger partial charge in [-0.2, -0.15) is 4.31 Å². The van der Waals surface area contributed by atoms with Crippen molar-refractivity contribution in [3.05, 3.63) is 17.2 Å². The number of halogens is 1. The summed E-state index contributed by atoms with van der Waals surface area (Å²) in [4.78, 5) is 0.0789. The molecule has 0 spiro atoms. The van der Waals surface area contributed by atoms with Crippen LogP contribution in [0.1, 0.15) is 12.8 Å². The molecule has 2 heterocycles. The van der Waals surface area contributed by atoms with Gasteiger partial charge in [0, 0.05) is 31.3 Å². The summed E-state index contributed by atoms with van der Waals surface area (Å²) in [5.41, 5.74) is 0. The summed E-state index contributed by atoms with van der Waals surface area (Å²) >= 11 is 6.18. The summed E-state index contributed by atoms with van der Waals surface area (Å²) in [6.07, 6.45) is 1.80. The average molecular weight is 347 g/mol. The molecule has 6 nitrogen and oxygen atoms in total. The molecule has 1 aromatic carbocycles. The number of rotatable bonds is 3. The van der Waals surface area contributed by atoms with Crippen molar-refractivity contribution in [3.63, 3.8) is 0 Å². The monoisotopic (exact) mass is 346 g/mol. The lowest BCUT2D eigenvalue weighted by Gasteiger charge is -2.32. The number of hydrogen-bond acceptors (Lipinski definition) is 5. The zero-order valence-electron chi connectivity index (χ0n) is 12.3. The van der Waals surface area contributed by atoms with Gasteiger partial charge >= 0.3 is 0 Å². The molecule has 0 aromatic heterocycles.